The Labute approximate surface area is 117 Å². The molecule has 2 rings (SSSR count). The van der Waals surface area contributed by atoms with E-state index in [1.54, 1.807) is 7.05 Å². The van der Waals surface area contributed by atoms with Gasteiger partial charge in [-0.05, 0) is 0 Å². The number of hydrogen-bond donors (Lipinski definition) is 2. The van der Waals surface area contributed by atoms with Crippen LogP contribution in [0.1, 0.15) is 6.92 Å². The molecule has 0 atom stereocenters. The van der Waals surface area contributed by atoms with Crippen molar-refractivity contribution < 1.29 is 14.3 Å². The van der Waals surface area contributed by atoms with Gasteiger partial charge in [0.25, 0.3) is 5.56 Å². The number of nitrogens with zero attached hydrogens (tertiary/aromatic N) is 3. The molecule has 9 nitrogen and oxygen atoms in total. The summed E-state index contributed by atoms with van der Waals surface area (Å²) in [5.74, 6) is -0.245. The first-order valence-electron chi connectivity index (χ1n) is 5.48. The molecule has 0 bridgehead atoms. The summed E-state index contributed by atoms with van der Waals surface area (Å²) in [5.41, 5.74) is 0.0119. The summed E-state index contributed by atoms with van der Waals surface area (Å²) in [6.45, 7) is 1.36. The molecule has 112 valence electrons. The lowest BCUT2D eigenvalue weighted by molar-refractivity contribution is -0.137. The Morgan fingerprint density at radius 1 is 1.35 bits per heavy atom. The average Bonchev–Trinajstić information content (AvgIpc) is 2.95. The highest BCUT2D eigenvalue weighted by atomic mass is 28.2. The molecule has 2 heterocycles. The van der Waals surface area contributed by atoms with Gasteiger partial charge in [0.05, 0.1) is 13.4 Å². The lowest BCUT2D eigenvalue weighted by atomic mass is 10.5. The largest absolute Gasteiger partial charge is 0.469 e. The van der Waals surface area contributed by atoms with Gasteiger partial charge in [0.2, 0.25) is 0 Å². The van der Waals surface area contributed by atoms with Crippen LogP contribution in [0.2, 0.25) is 0 Å². The Bertz CT molecular complexity index is 687. The maximum atomic E-state index is 11.4. The third-order valence-corrected chi connectivity index (χ3v) is 2.32. The highest BCUT2D eigenvalue weighted by molar-refractivity contribution is 5.95. The predicted molar refractivity (Wildman–Crippen MR) is 76.4 cm³/mol. The van der Waals surface area contributed by atoms with Gasteiger partial charge in [-0.15, -0.1) is 0 Å². The summed E-state index contributed by atoms with van der Waals surface area (Å²) < 4.78 is 6.48. The first-order valence-corrected chi connectivity index (χ1v) is 6.38. The Balaban J connectivity index is 0.000000441. The van der Waals surface area contributed by atoms with Gasteiger partial charge in [0.1, 0.15) is 16.0 Å². The molecule has 2 aromatic heterocycles. The molecular formula is C10H18N4O5Si. The van der Waals surface area contributed by atoms with E-state index >= 15 is 0 Å². The van der Waals surface area contributed by atoms with Crippen molar-refractivity contribution in [3.05, 3.63) is 27.2 Å². The van der Waals surface area contributed by atoms with Crippen LogP contribution in [0.4, 0.5) is 0 Å². The first kappa shape index (κ1) is 17.8. The summed E-state index contributed by atoms with van der Waals surface area (Å²) in [5, 5.41) is 0. The number of fused-ring (bicyclic) bond motifs is 1. The number of methoxy groups -OCH3 is 1. The van der Waals surface area contributed by atoms with Crippen LogP contribution in [0, 0.1) is 0 Å². The van der Waals surface area contributed by atoms with E-state index in [0.29, 0.717) is 21.6 Å². The fraction of sp³-hybridized carbons (Fsp3) is 0.400. The molecular weight excluding hydrogens is 284 g/mol. The first-order chi connectivity index (χ1) is 9.40. The normalized spacial score (nSPS) is 9.25. The Hall–Kier alpha value is -2.20. The molecule has 0 saturated heterocycles. The predicted octanol–water partition coefficient (Wildman–Crippen LogP) is -2.60. The fourth-order valence-electron chi connectivity index (χ4n) is 1.27. The number of carbonyl (C=O) groups is 1. The van der Waals surface area contributed by atoms with Crippen molar-refractivity contribution in [1.29, 1.82) is 0 Å². The maximum Gasteiger partial charge on any atom is 0.332 e. The topological polar surface area (TPSA) is 119 Å². The number of esters is 1. The van der Waals surface area contributed by atoms with Gasteiger partial charge in [0, 0.05) is 21.0 Å². The Kier molecular flexibility index (Phi) is 7.18. The van der Waals surface area contributed by atoms with Crippen LogP contribution in [0.25, 0.3) is 11.2 Å². The molecule has 0 spiro atoms. The summed E-state index contributed by atoms with van der Waals surface area (Å²) >= 11 is 0. The molecule has 0 aromatic carbocycles. The summed E-state index contributed by atoms with van der Waals surface area (Å²) in [4.78, 5) is 46.1. The Morgan fingerprint density at radius 2 is 1.85 bits per heavy atom. The molecule has 0 unspecified atom stereocenters. The number of aryl methyl sites for hydroxylation is 1. The lowest BCUT2D eigenvalue weighted by Crippen LogP contribution is -2.36. The smallest absolute Gasteiger partial charge is 0.332 e. The van der Waals surface area contributed by atoms with Crippen LogP contribution >= 0.6 is 0 Å². The van der Waals surface area contributed by atoms with Gasteiger partial charge in [-0.25, -0.2) is 9.78 Å². The molecule has 0 saturated carbocycles. The van der Waals surface area contributed by atoms with Crippen molar-refractivity contribution >= 4 is 27.6 Å². The van der Waals surface area contributed by atoms with E-state index < -0.39 is 0 Å². The number of aromatic nitrogens is 4. The van der Waals surface area contributed by atoms with Gasteiger partial charge in [-0.3, -0.25) is 18.7 Å². The van der Waals surface area contributed by atoms with E-state index in [4.69, 9.17) is 4.80 Å². The molecule has 2 N–H and O–H groups in total. The lowest BCUT2D eigenvalue weighted by Gasteiger charge is -2.00. The minimum atomic E-state index is -0.371. The quantitative estimate of drug-likeness (QED) is 0.407. The van der Waals surface area contributed by atoms with E-state index in [2.05, 4.69) is 14.7 Å². The minimum Gasteiger partial charge on any atom is -0.469 e. The average molecular weight is 302 g/mol. The molecule has 20 heavy (non-hydrogen) atoms. The molecule has 0 radical (unpaired) electrons. The van der Waals surface area contributed by atoms with Gasteiger partial charge in [-0.2, -0.15) is 0 Å². The molecule has 0 aliphatic heterocycles. The second-order valence-corrected chi connectivity index (χ2v) is 3.50. The minimum absolute atomic E-state index is 0.245. The maximum absolute atomic E-state index is 11.4. The zero-order valence-electron chi connectivity index (χ0n) is 12.0. The number of carbonyl (C=O) groups excluding carboxylic acids is 1. The summed E-state index contributed by atoms with van der Waals surface area (Å²) in [7, 11) is 4.66. The van der Waals surface area contributed by atoms with Crippen molar-refractivity contribution in [3.8, 4) is 0 Å². The van der Waals surface area contributed by atoms with E-state index in [0.717, 1.165) is 4.57 Å². The van der Waals surface area contributed by atoms with Crippen molar-refractivity contribution in [1.82, 2.24) is 19.1 Å². The SMILES string of the molecule is COC(C)=O.Cn1c(=O)c2[nH]cnc2n(C)c1=O.O[SiH3]. The van der Waals surface area contributed by atoms with Gasteiger partial charge >= 0.3 is 11.7 Å². The highest BCUT2D eigenvalue weighted by Crippen LogP contribution is 1.97. The zero-order chi connectivity index (χ0) is 15.9. The van der Waals surface area contributed by atoms with Crippen LogP contribution in [-0.4, -0.2) is 47.5 Å². The van der Waals surface area contributed by atoms with E-state index in [1.807, 2.05) is 0 Å². The van der Waals surface area contributed by atoms with Crippen molar-refractivity contribution in [2.75, 3.05) is 7.11 Å². The molecule has 0 aliphatic carbocycles. The van der Waals surface area contributed by atoms with Crippen molar-refractivity contribution in [2.45, 2.75) is 6.92 Å². The number of hydrogen-bond acceptors (Lipinski definition) is 6. The molecule has 0 fully saturated rings. The Morgan fingerprint density at radius 3 is 2.30 bits per heavy atom. The van der Waals surface area contributed by atoms with Gasteiger partial charge < -0.3 is 14.5 Å². The molecule has 2 aromatic rings. The van der Waals surface area contributed by atoms with Crippen LogP contribution < -0.4 is 11.2 Å². The zero-order valence-corrected chi connectivity index (χ0v) is 14.0. The van der Waals surface area contributed by atoms with E-state index in [1.165, 1.54) is 32.0 Å². The van der Waals surface area contributed by atoms with Gasteiger partial charge in [-0.1, -0.05) is 0 Å². The molecule has 10 heteroatoms. The van der Waals surface area contributed by atoms with Crippen LogP contribution in [-0.2, 0) is 23.6 Å². The van der Waals surface area contributed by atoms with Gasteiger partial charge in [0.15, 0.2) is 5.65 Å². The van der Waals surface area contributed by atoms with E-state index in [-0.39, 0.29) is 17.2 Å². The van der Waals surface area contributed by atoms with Crippen LogP contribution in [0.3, 0.4) is 0 Å². The third kappa shape index (κ3) is 3.90. The molecule has 0 amide bonds. The fourth-order valence-corrected chi connectivity index (χ4v) is 1.27. The standard InChI is InChI=1S/C7H8N4O2.C3H6O2.H4OSi/c1-10-5-4(8-3-9-5)6(12)11(2)7(10)13;1-3(4)5-2;1-2/h3H,1-2H3,(H,8,9);1-2H3;1H,2H3. The van der Waals surface area contributed by atoms with Crippen LogP contribution in [0.5, 0.6) is 0 Å². The molecule has 0 aliphatic rings. The number of nitrogens with one attached hydrogen (secondary N) is 1. The second kappa shape index (κ2) is 8.07. The number of H-pyrrole nitrogens is 1. The number of aromatic amines is 1. The number of rotatable bonds is 0. The van der Waals surface area contributed by atoms with Crippen molar-refractivity contribution in [3.63, 3.8) is 0 Å². The highest BCUT2D eigenvalue weighted by Gasteiger charge is 2.08. The number of ether oxygens (including phenoxy) is 1. The van der Waals surface area contributed by atoms with Crippen molar-refractivity contribution in [2.24, 2.45) is 14.1 Å². The second-order valence-electron chi connectivity index (χ2n) is 3.50. The summed E-state index contributed by atoms with van der Waals surface area (Å²) in [6, 6.07) is 0. The third-order valence-electron chi connectivity index (χ3n) is 2.32. The summed E-state index contributed by atoms with van der Waals surface area (Å²) in [6.07, 6.45) is 1.39. The monoisotopic (exact) mass is 302 g/mol. The van der Waals surface area contributed by atoms with E-state index in [9.17, 15) is 14.4 Å². The van der Waals surface area contributed by atoms with Crippen LogP contribution in [0.15, 0.2) is 15.9 Å². The number of imidazole rings is 1.